The molecule has 2 rings (SSSR count). The summed E-state index contributed by atoms with van der Waals surface area (Å²) in [6, 6.07) is 13.7. The van der Waals surface area contributed by atoms with Crippen molar-refractivity contribution >= 4 is 49.5 Å². The zero-order valence-electron chi connectivity index (χ0n) is 9.68. The molecule has 3 nitrogen and oxygen atoms in total. The van der Waals surface area contributed by atoms with Crippen LogP contribution in [0.4, 0.5) is 0 Å². The highest BCUT2D eigenvalue weighted by molar-refractivity contribution is 9.10. The molecule has 6 heteroatoms. The molecule has 0 amide bonds. The number of benzene rings is 2. The molecular weight excluding hydrogens is 392 g/mol. The largest absolute Gasteiger partial charge is 0.409 e. The summed E-state index contributed by atoms with van der Waals surface area (Å²) < 4.78 is 1.92. The molecule has 0 aromatic heterocycles. The maximum atomic E-state index is 8.84. The van der Waals surface area contributed by atoms with Gasteiger partial charge in [-0.2, -0.15) is 0 Å². The lowest BCUT2D eigenvalue weighted by molar-refractivity contribution is 0.318. The Labute approximate surface area is 132 Å². The van der Waals surface area contributed by atoms with Crippen molar-refractivity contribution in [2.24, 2.45) is 10.9 Å². The molecule has 0 bridgehead atoms. The number of oxime groups is 1. The van der Waals surface area contributed by atoms with Crippen molar-refractivity contribution in [1.82, 2.24) is 0 Å². The Morgan fingerprint density at radius 1 is 1.05 bits per heavy atom. The fourth-order valence-corrected chi connectivity index (χ4v) is 3.04. The number of nitrogens with two attached hydrogens (primary N) is 1. The summed E-state index contributed by atoms with van der Waals surface area (Å²) in [5, 5.41) is 11.9. The van der Waals surface area contributed by atoms with Crippen LogP contribution in [-0.2, 0) is 0 Å². The molecule has 3 N–H and O–H groups in total. The van der Waals surface area contributed by atoms with Crippen LogP contribution in [0.15, 0.2) is 66.4 Å². The molecule has 0 fully saturated rings. The van der Waals surface area contributed by atoms with E-state index in [1.165, 1.54) is 0 Å². The molecule has 2 aromatic carbocycles. The predicted octanol–water partition coefficient (Wildman–Crippen LogP) is 4.46. The summed E-state index contributed by atoms with van der Waals surface area (Å²) in [7, 11) is 0. The van der Waals surface area contributed by atoms with Crippen LogP contribution in [0.2, 0.25) is 0 Å². The second-order valence-corrected chi connectivity index (χ2v) is 6.63. The fourth-order valence-electron chi connectivity index (χ4n) is 1.47. The van der Waals surface area contributed by atoms with E-state index in [4.69, 9.17) is 10.9 Å². The van der Waals surface area contributed by atoms with Crippen molar-refractivity contribution in [3.8, 4) is 0 Å². The van der Waals surface area contributed by atoms with Gasteiger partial charge in [0, 0.05) is 24.3 Å². The first-order chi connectivity index (χ1) is 9.10. The zero-order chi connectivity index (χ0) is 13.8. The minimum atomic E-state index is 0.0981. The molecule has 0 spiro atoms. The molecule has 19 heavy (non-hydrogen) atoms. The second kappa shape index (κ2) is 6.45. The van der Waals surface area contributed by atoms with Gasteiger partial charge in [-0.3, -0.25) is 0 Å². The Hall–Kier alpha value is -0.980. The molecule has 0 atom stereocenters. The summed E-state index contributed by atoms with van der Waals surface area (Å²) in [6.45, 7) is 0. The van der Waals surface area contributed by atoms with Gasteiger partial charge in [-0.15, -0.1) is 0 Å². The highest BCUT2D eigenvalue weighted by atomic mass is 79.9. The first kappa shape index (κ1) is 14.4. The van der Waals surface area contributed by atoms with Crippen LogP contribution in [0.1, 0.15) is 5.56 Å². The van der Waals surface area contributed by atoms with Crippen molar-refractivity contribution in [1.29, 1.82) is 0 Å². The number of hydrogen-bond acceptors (Lipinski definition) is 3. The van der Waals surface area contributed by atoms with Crippen LogP contribution in [0.5, 0.6) is 0 Å². The number of rotatable bonds is 3. The highest BCUT2D eigenvalue weighted by Gasteiger charge is 2.09. The summed E-state index contributed by atoms with van der Waals surface area (Å²) >= 11 is 8.34. The van der Waals surface area contributed by atoms with Gasteiger partial charge < -0.3 is 10.9 Å². The summed E-state index contributed by atoms with van der Waals surface area (Å²) in [5.74, 6) is 0.0981. The highest BCUT2D eigenvalue weighted by Crippen LogP contribution is 2.32. The molecular formula is C13H10Br2N2OS. The third kappa shape index (κ3) is 3.75. The molecule has 98 valence electrons. The Kier molecular flexibility index (Phi) is 4.90. The summed E-state index contributed by atoms with van der Waals surface area (Å²) in [5.41, 5.74) is 6.40. The van der Waals surface area contributed by atoms with Crippen LogP contribution >= 0.6 is 43.6 Å². The predicted molar refractivity (Wildman–Crippen MR) is 84.9 cm³/mol. The minimum Gasteiger partial charge on any atom is -0.409 e. The van der Waals surface area contributed by atoms with E-state index in [1.54, 1.807) is 11.8 Å². The molecule has 0 saturated carbocycles. The third-order valence-electron chi connectivity index (χ3n) is 2.37. The van der Waals surface area contributed by atoms with Crippen LogP contribution in [0.25, 0.3) is 0 Å². The lowest BCUT2D eigenvalue weighted by Crippen LogP contribution is -2.14. The normalized spacial score (nSPS) is 11.6. The molecule has 0 aliphatic rings. The van der Waals surface area contributed by atoms with Crippen molar-refractivity contribution < 1.29 is 5.21 Å². The van der Waals surface area contributed by atoms with Gasteiger partial charge in [-0.1, -0.05) is 48.8 Å². The van der Waals surface area contributed by atoms with Gasteiger partial charge in [-0.05, 0) is 42.5 Å². The van der Waals surface area contributed by atoms with Gasteiger partial charge in [0.1, 0.15) is 0 Å². The number of nitrogens with zero attached hydrogens (tertiary/aromatic N) is 1. The van der Waals surface area contributed by atoms with E-state index in [9.17, 15) is 0 Å². The smallest absolute Gasteiger partial charge is 0.171 e. The van der Waals surface area contributed by atoms with E-state index in [2.05, 4.69) is 37.0 Å². The van der Waals surface area contributed by atoms with Crippen molar-refractivity contribution in [3.63, 3.8) is 0 Å². The Bertz CT molecular complexity index is 615. The van der Waals surface area contributed by atoms with E-state index in [0.29, 0.717) is 5.56 Å². The standard InChI is InChI=1S/C13H10Br2N2OS/c14-8-1-4-10(5-2-8)19-12-6-3-9(15)7-11(12)13(16)17-18/h1-7,18H,(H2,16,17). The Morgan fingerprint density at radius 3 is 2.32 bits per heavy atom. The summed E-state index contributed by atoms with van der Waals surface area (Å²) in [6.07, 6.45) is 0. The Balaban J connectivity index is 2.37. The van der Waals surface area contributed by atoms with E-state index in [-0.39, 0.29) is 5.84 Å². The lowest BCUT2D eigenvalue weighted by Gasteiger charge is -2.08. The molecule has 0 radical (unpaired) electrons. The van der Waals surface area contributed by atoms with E-state index >= 15 is 0 Å². The number of hydrogen-bond donors (Lipinski definition) is 2. The molecule has 2 aromatic rings. The monoisotopic (exact) mass is 400 g/mol. The molecule has 0 heterocycles. The van der Waals surface area contributed by atoms with E-state index < -0.39 is 0 Å². The minimum absolute atomic E-state index is 0.0981. The number of amidine groups is 1. The molecule has 0 aliphatic carbocycles. The fraction of sp³-hybridized carbons (Fsp3) is 0. The van der Waals surface area contributed by atoms with Crippen LogP contribution in [0, 0.1) is 0 Å². The van der Waals surface area contributed by atoms with Gasteiger partial charge in [0.05, 0.1) is 0 Å². The second-order valence-electron chi connectivity index (χ2n) is 3.68. The van der Waals surface area contributed by atoms with E-state index in [1.807, 2.05) is 42.5 Å². The van der Waals surface area contributed by atoms with E-state index in [0.717, 1.165) is 18.7 Å². The first-order valence-corrected chi connectivity index (χ1v) is 7.71. The van der Waals surface area contributed by atoms with Gasteiger partial charge >= 0.3 is 0 Å². The SMILES string of the molecule is N/C(=N/O)c1cc(Br)ccc1Sc1ccc(Br)cc1. The number of halogens is 2. The third-order valence-corrected chi connectivity index (χ3v) is 4.47. The van der Waals surface area contributed by atoms with Gasteiger partial charge in [0.15, 0.2) is 5.84 Å². The molecule has 0 saturated heterocycles. The van der Waals surface area contributed by atoms with Gasteiger partial charge in [0.2, 0.25) is 0 Å². The van der Waals surface area contributed by atoms with Crippen molar-refractivity contribution in [2.75, 3.05) is 0 Å². The maximum Gasteiger partial charge on any atom is 0.171 e. The lowest BCUT2D eigenvalue weighted by atomic mass is 10.2. The van der Waals surface area contributed by atoms with Crippen molar-refractivity contribution in [3.05, 3.63) is 57.0 Å². The van der Waals surface area contributed by atoms with Crippen molar-refractivity contribution in [2.45, 2.75) is 9.79 Å². The summed E-state index contributed by atoms with van der Waals surface area (Å²) in [4.78, 5) is 2.01. The average Bonchev–Trinajstić information content (AvgIpc) is 2.42. The molecule has 0 unspecified atom stereocenters. The van der Waals surface area contributed by atoms with Gasteiger partial charge in [0.25, 0.3) is 0 Å². The van der Waals surface area contributed by atoms with Crippen LogP contribution in [-0.4, -0.2) is 11.0 Å². The van der Waals surface area contributed by atoms with Gasteiger partial charge in [-0.25, -0.2) is 0 Å². The van der Waals surface area contributed by atoms with Crippen LogP contribution < -0.4 is 5.73 Å². The van der Waals surface area contributed by atoms with Crippen LogP contribution in [0.3, 0.4) is 0 Å². The molecule has 0 aliphatic heterocycles. The maximum absolute atomic E-state index is 8.84. The first-order valence-electron chi connectivity index (χ1n) is 5.31. The topological polar surface area (TPSA) is 58.6 Å². The zero-order valence-corrected chi connectivity index (χ0v) is 13.7. The average molecular weight is 402 g/mol. The quantitative estimate of drug-likeness (QED) is 0.345. The Morgan fingerprint density at radius 2 is 1.68 bits per heavy atom.